The van der Waals surface area contributed by atoms with Gasteiger partial charge in [0.2, 0.25) is 20.7 Å². The summed E-state index contributed by atoms with van der Waals surface area (Å²) in [6.07, 6.45) is 0.751. The van der Waals surface area contributed by atoms with Crippen molar-refractivity contribution in [3.63, 3.8) is 0 Å². The molecule has 1 heterocycles. The highest BCUT2D eigenvalue weighted by Crippen LogP contribution is 2.23. The maximum Gasteiger partial charge on any atom is 0.371 e. The van der Waals surface area contributed by atoms with Crippen LogP contribution in [0.5, 0.6) is 0 Å². The smallest absolute Gasteiger partial charge is 0.371 e. The third kappa shape index (κ3) is 4.10. The fraction of sp³-hybridized carbons (Fsp3) is 0.500. The van der Waals surface area contributed by atoms with E-state index in [2.05, 4.69) is 6.07 Å². The molecule has 104 valence electrons. The molecule has 0 aromatic carbocycles. The van der Waals surface area contributed by atoms with Crippen molar-refractivity contribution in [2.75, 3.05) is 5.75 Å². The van der Waals surface area contributed by atoms with Gasteiger partial charge in [-0.1, -0.05) is 0 Å². The maximum absolute atomic E-state index is 11.9. The Labute approximate surface area is 111 Å². The van der Waals surface area contributed by atoms with Gasteiger partial charge in [0.25, 0.3) is 0 Å². The maximum atomic E-state index is 11.9. The lowest BCUT2D eigenvalue weighted by Crippen LogP contribution is -2.12. The minimum Gasteiger partial charge on any atom is -0.475 e. The van der Waals surface area contributed by atoms with E-state index in [1.54, 1.807) is 13.8 Å². The van der Waals surface area contributed by atoms with Crippen molar-refractivity contribution in [1.82, 2.24) is 0 Å². The van der Waals surface area contributed by atoms with Crippen molar-refractivity contribution < 1.29 is 22.7 Å². The van der Waals surface area contributed by atoms with E-state index >= 15 is 0 Å². The molecule has 0 aliphatic carbocycles. The summed E-state index contributed by atoms with van der Waals surface area (Å²) in [7, 11) is -3.64. The molecule has 1 rings (SSSR count). The Morgan fingerprint density at radius 2 is 2.11 bits per heavy atom. The van der Waals surface area contributed by atoms with Gasteiger partial charge < -0.3 is 9.52 Å². The number of hydrogen-bond donors (Lipinski definition) is 1. The van der Waals surface area contributed by atoms with Crippen LogP contribution in [0.3, 0.4) is 0 Å². The lowest BCUT2D eigenvalue weighted by molar-refractivity contribution is 0.0656. The minimum absolute atomic E-state index is 0.176. The minimum atomic E-state index is -3.64. The van der Waals surface area contributed by atoms with Gasteiger partial charge in [-0.25, -0.2) is 13.2 Å². The molecular weight excluding hydrogens is 270 g/mol. The number of furan rings is 1. The van der Waals surface area contributed by atoms with Crippen LogP contribution in [0.1, 0.15) is 37.2 Å². The average molecular weight is 285 g/mol. The molecule has 6 nitrogen and oxygen atoms in total. The van der Waals surface area contributed by atoms with Crippen molar-refractivity contribution >= 4 is 15.8 Å². The molecule has 1 aromatic heterocycles. The second kappa shape index (κ2) is 5.45. The summed E-state index contributed by atoms with van der Waals surface area (Å²) in [4.78, 5) is 10.6. The van der Waals surface area contributed by atoms with Crippen molar-refractivity contribution in [3.8, 4) is 6.07 Å². The zero-order valence-corrected chi connectivity index (χ0v) is 11.5. The van der Waals surface area contributed by atoms with Crippen LogP contribution in [0.25, 0.3) is 0 Å². The summed E-state index contributed by atoms with van der Waals surface area (Å²) >= 11 is 0. The molecule has 0 unspecified atom stereocenters. The van der Waals surface area contributed by atoms with Gasteiger partial charge in [-0.15, -0.1) is 0 Å². The highest BCUT2D eigenvalue weighted by Gasteiger charge is 2.23. The number of nitrogens with zero attached hydrogens (tertiary/aromatic N) is 1. The summed E-state index contributed by atoms with van der Waals surface area (Å²) < 4.78 is 28.5. The van der Waals surface area contributed by atoms with Crippen LogP contribution < -0.4 is 0 Å². The van der Waals surface area contributed by atoms with Crippen LogP contribution in [-0.2, 0) is 9.84 Å². The van der Waals surface area contributed by atoms with E-state index in [1.165, 1.54) is 0 Å². The topological polar surface area (TPSA) is 108 Å². The number of rotatable bonds is 6. The molecule has 19 heavy (non-hydrogen) atoms. The fourth-order valence-corrected chi connectivity index (χ4v) is 2.68. The average Bonchev–Trinajstić information content (AvgIpc) is 2.78. The molecular formula is C12H15NO5S. The molecule has 0 amide bonds. The summed E-state index contributed by atoms with van der Waals surface area (Å²) in [6.45, 7) is 3.46. The van der Waals surface area contributed by atoms with Crippen molar-refractivity contribution in [2.45, 2.75) is 31.8 Å². The van der Waals surface area contributed by atoms with E-state index in [0.717, 1.165) is 12.1 Å². The van der Waals surface area contributed by atoms with Gasteiger partial charge in [-0.2, -0.15) is 5.26 Å². The Balaban J connectivity index is 2.71. The van der Waals surface area contributed by atoms with Crippen LogP contribution >= 0.6 is 0 Å². The summed E-state index contributed by atoms with van der Waals surface area (Å²) in [5, 5.41) is 17.1. The molecule has 0 radical (unpaired) electrons. The molecule has 0 saturated heterocycles. The summed E-state index contributed by atoms with van der Waals surface area (Å²) in [5.74, 6) is -1.90. The SMILES string of the molecule is CC(C)(C#N)CCCS(=O)(=O)c1ccc(C(=O)O)o1. The van der Waals surface area contributed by atoms with Crippen LogP contribution in [0.15, 0.2) is 21.6 Å². The largest absolute Gasteiger partial charge is 0.475 e. The monoisotopic (exact) mass is 285 g/mol. The quantitative estimate of drug-likeness (QED) is 0.857. The summed E-state index contributed by atoms with van der Waals surface area (Å²) in [5.41, 5.74) is -0.578. The Morgan fingerprint density at radius 1 is 1.47 bits per heavy atom. The van der Waals surface area contributed by atoms with E-state index in [9.17, 15) is 13.2 Å². The standard InChI is InChI=1S/C12H15NO5S/c1-12(2,8-13)6-3-7-19(16,17)10-5-4-9(18-10)11(14)15/h4-5H,3,6-7H2,1-2H3,(H,14,15). The van der Waals surface area contributed by atoms with E-state index in [0.29, 0.717) is 12.8 Å². The fourth-order valence-electron chi connectivity index (χ4n) is 1.46. The molecule has 7 heteroatoms. The van der Waals surface area contributed by atoms with Crippen LogP contribution in [0.4, 0.5) is 0 Å². The normalized spacial score (nSPS) is 12.1. The first-order chi connectivity index (χ1) is 8.68. The molecule has 0 aliphatic rings. The van der Waals surface area contributed by atoms with Crippen LogP contribution in [0, 0.1) is 16.7 Å². The van der Waals surface area contributed by atoms with Gasteiger partial charge in [0.05, 0.1) is 17.2 Å². The van der Waals surface area contributed by atoms with Crippen molar-refractivity contribution in [1.29, 1.82) is 5.26 Å². The third-order valence-electron chi connectivity index (χ3n) is 2.62. The number of carbonyl (C=O) groups is 1. The highest BCUT2D eigenvalue weighted by atomic mass is 32.2. The second-order valence-electron chi connectivity index (χ2n) is 4.84. The Bertz CT molecular complexity index is 606. The predicted molar refractivity (Wildman–Crippen MR) is 66.3 cm³/mol. The van der Waals surface area contributed by atoms with Crippen LogP contribution in [-0.4, -0.2) is 25.2 Å². The van der Waals surface area contributed by atoms with Gasteiger partial charge in [0, 0.05) is 0 Å². The number of aromatic carboxylic acids is 1. The molecule has 0 fully saturated rings. The molecule has 0 spiro atoms. The molecule has 0 saturated carbocycles. The Kier molecular flexibility index (Phi) is 4.37. The molecule has 1 N–H and O–H groups in total. The predicted octanol–water partition coefficient (Wildman–Crippen LogP) is 2.08. The van der Waals surface area contributed by atoms with E-state index < -0.39 is 27.0 Å². The summed E-state index contributed by atoms with van der Waals surface area (Å²) in [6, 6.07) is 4.33. The number of carboxylic acid groups (broad SMARTS) is 1. The van der Waals surface area contributed by atoms with Gasteiger partial charge in [0.1, 0.15) is 0 Å². The lowest BCUT2D eigenvalue weighted by Gasteiger charge is -2.13. The van der Waals surface area contributed by atoms with E-state index in [4.69, 9.17) is 14.8 Å². The van der Waals surface area contributed by atoms with Gasteiger partial charge >= 0.3 is 5.97 Å². The number of hydrogen-bond acceptors (Lipinski definition) is 5. The molecule has 0 aliphatic heterocycles. The lowest BCUT2D eigenvalue weighted by atomic mass is 9.90. The third-order valence-corrected chi connectivity index (χ3v) is 4.27. The van der Waals surface area contributed by atoms with Gasteiger partial charge in [0.15, 0.2) is 0 Å². The Morgan fingerprint density at radius 3 is 2.58 bits per heavy atom. The second-order valence-corrected chi connectivity index (χ2v) is 6.88. The first kappa shape index (κ1) is 15.2. The first-order valence-electron chi connectivity index (χ1n) is 5.65. The van der Waals surface area contributed by atoms with Gasteiger partial charge in [-0.3, -0.25) is 0 Å². The van der Waals surface area contributed by atoms with Gasteiger partial charge in [-0.05, 0) is 38.8 Å². The molecule has 1 aromatic rings. The highest BCUT2D eigenvalue weighted by molar-refractivity contribution is 7.91. The number of nitriles is 1. The van der Waals surface area contributed by atoms with Crippen molar-refractivity contribution in [3.05, 3.63) is 17.9 Å². The first-order valence-corrected chi connectivity index (χ1v) is 7.30. The number of carboxylic acids is 1. The zero-order valence-electron chi connectivity index (χ0n) is 10.7. The number of sulfone groups is 1. The molecule has 0 bridgehead atoms. The Hall–Kier alpha value is -1.81. The molecule has 0 atom stereocenters. The van der Waals surface area contributed by atoms with Crippen molar-refractivity contribution in [2.24, 2.45) is 5.41 Å². The zero-order chi connectivity index (χ0) is 14.7. The van der Waals surface area contributed by atoms with Crippen LogP contribution in [0.2, 0.25) is 0 Å². The van der Waals surface area contributed by atoms with E-state index in [1.807, 2.05) is 0 Å². The van der Waals surface area contributed by atoms with E-state index in [-0.39, 0.29) is 10.8 Å².